The fourth-order valence-electron chi connectivity index (χ4n) is 0.705. The molecule has 0 saturated carbocycles. The molecule has 0 spiro atoms. The molecule has 0 fully saturated rings. The van der Waals surface area contributed by atoms with Crippen LogP contribution in [0, 0.1) is 0 Å². The topological polar surface area (TPSA) is 83.8 Å². The van der Waals surface area contributed by atoms with E-state index in [2.05, 4.69) is 4.74 Å². The van der Waals surface area contributed by atoms with E-state index in [0.29, 0.717) is 12.8 Å². The molecule has 13 heavy (non-hydrogen) atoms. The maximum atomic E-state index is 10.8. The van der Waals surface area contributed by atoms with Crippen LogP contribution >= 0.6 is 0 Å². The Morgan fingerprint density at radius 1 is 1.15 bits per heavy atom. The van der Waals surface area contributed by atoms with E-state index in [1.807, 2.05) is 0 Å². The Hall–Kier alpha value is -1.10. The summed E-state index contributed by atoms with van der Waals surface area (Å²) in [5.74, 6) is -1.29. The predicted octanol–water partition coefficient (Wildman–Crippen LogP) is 0.167. The fraction of sp³-hybridized carbons (Fsp3) is 0.750. The van der Waals surface area contributed by atoms with Crippen LogP contribution in [-0.2, 0) is 14.3 Å². The molecule has 0 aromatic rings. The highest BCUT2D eigenvalue weighted by atomic mass is 16.5. The van der Waals surface area contributed by atoms with Gasteiger partial charge in [0.1, 0.15) is 0 Å². The van der Waals surface area contributed by atoms with Crippen LogP contribution in [-0.4, -0.2) is 35.4 Å². The average molecular weight is 190 g/mol. The van der Waals surface area contributed by atoms with Crippen LogP contribution in [0.25, 0.3) is 0 Å². The summed E-state index contributed by atoms with van der Waals surface area (Å²) in [5.41, 5.74) is 0. The summed E-state index contributed by atoms with van der Waals surface area (Å²) in [5, 5.41) is 16.6. The second kappa shape index (κ2) is 7.54. The Balaban J connectivity index is 3.22. The molecule has 5 heteroatoms. The highest BCUT2D eigenvalue weighted by Gasteiger charge is 2.02. The summed E-state index contributed by atoms with van der Waals surface area (Å²) >= 11 is 0. The minimum absolute atomic E-state index is 0.00722. The molecule has 0 bridgehead atoms. The molecule has 0 aliphatic carbocycles. The van der Waals surface area contributed by atoms with Gasteiger partial charge < -0.3 is 14.9 Å². The van der Waals surface area contributed by atoms with Crippen molar-refractivity contribution in [2.24, 2.45) is 0 Å². The number of carboxylic acids is 1. The van der Waals surface area contributed by atoms with Crippen molar-refractivity contribution in [2.45, 2.75) is 25.7 Å². The number of hydrogen-bond donors (Lipinski definition) is 2. The van der Waals surface area contributed by atoms with Gasteiger partial charge in [0, 0.05) is 19.4 Å². The minimum Gasteiger partial charge on any atom is -0.481 e. The van der Waals surface area contributed by atoms with E-state index in [4.69, 9.17) is 10.2 Å². The third-order valence-electron chi connectivity index (χ3n) is 1.34. The molecule has 0 unspecified atom stereocenters. The lowest BCUT2D eigenvalue weighted by Crippen LogP contribution is -2.07. The van der Waals surface area contributed by atoms with E-state index in [9.17, 15) is 9.59 Å². The molecular weight excluding hydrogens is 176 g/mol. The van der Waals surface area contributed by atoms with Gasteiger partial charge in [-0.1, -0.05) is 0 Å². The van der Waals surface area contributed by atoms with Crippen LogP contribution in [0.3, 0.4) is 0 Å². The van der Waals surface area contributed by atoms with Crippen LogP contribution in [0.2, 0.25) is 0 Å². The van der Waals surface area contributed by atoms with Gasteiger partial charge in [-0.15, -0.1) is 0 Å². The average Bonchev–Trinajstić information content (AvgIpc) is 2.08. The first-order valence-electron chi connectivity index (χ1n) is 4.15. The molecule has 5 nitrogen and oxygen atoms in total. The van der Waals surface area contributed by atoms with E-state index >= 15 is 0 Å². The van der Waals surface area contributed by atoms with Crippen molar-refractivity contribution in [3.05, 3.63) is 0 Å². The van der Waals surface area contributed by atoms with Gasteiger partial charge in [0.05, 0.1) is 6.61 Å². The summed E-state index contributed by atoms with van der Waals surface area (Å²) in [7, 11) is 0. The molecule has 0 aromatic carbocycles. The second-order valence-electron chi connectivity index (χ2n) is 2.54. The van der Waals surface area contributed by atoms with E-state index in [1.54, 1.807) is 0 Å². The third kappa shape index (κ3) is 8.81. The number of carboxylic acid groups (broad SMARTS) is 1. The van der Waals surface area contributed by atoms with E-state index in [0.717, 1.165) is 0 Å². The molecule has 0 heterocycles. The number of ether oxygens (including phenoxy) is 1. The van der Waals surface area contributed by atoms with Crippen molar-refractivity contribution in [3.63, 3.8) is 0 Å². The number of aliphatic carboxylic acids is 1. The van der Waals surface area contributed by atoms with Gasteiger partial charge in [-0.25, -0.2) is 0 Å². The number of aliphatic hydroxyl groups excluding tert-OH is 1. The highest BCUT2D eigenvalue weighted by molar-refractivity contribution is 5.69. The number of carbonyl (C=O) groups is 2. The van der Waals surface area contributed by atoms with Gasteiger partial charge in [0.25, 0.3) is 0 Å². The van der Waals surface area contributed by atoms with E-state index < -0.39 is 5.97 Å². The minimum atomic E-state index is -0.897. The van der Waals surface area contributed by atoms with Gasteiger partial charge in [-0.2, -0.15) is 0 Å². The smallest absolute Gasteiger partial charge is 0.305 e. The lowest BCUT2D eigenvalue weighted by Gasteiger charge is -2.01. The number of carbonyl (C=O) groups excluding carboxylic acids is 1. The van der Waals surface area contributed by atoms with Crippen molar-refractivity contribution in [1.29, 1.82) is 0 Å². The van der Waals surface area contributed by atoms with Crippen molar-refractivity contribution >= 4 is 11.9 Å². The van der Waals surface area contributed by atoms with Crippen LogP contribution < -0.4 is 0 Å². The van der Waals surface area contributed by atoms with Crippen molar-refractivity contribution in [1.82, 2.24) is 0 Å². The molecule has 0 aromatic heterocycles. The fourth-order valence-corrected chi connectivity index (χ4v) is 0.705. The predicted molar refractivity (Wildman–Crippen MR) is 44.1 cm³/mol. The van der Waals surface area contributed by atoms with Crippen LogP contribution in [0.1, 0.15) is 25.7 Å². The number of rotatable bonds is 7. The molecule has 2 N–H and O–H groups in total. The maximum Gasteiger partial charge on any atom is 0.305 e. The first-order valence-corrected chi connectivity index (χ1v) is 4.15. The standard InChI is InChI=1S/C8H14O5/c9-5-1-4-8(12)13-6-2-3-7(10)11/h9H,1-6H2,(H,10,11). The molecule has 0 radical (unpaired) electrons. The van der Waals surface area contributed by atoms with Crippen molar-refractivity contribution < 1.29 is 24.5 Å². The van der Waals surface area contributed by atoms with Gasteiger partial charge >= 0.3 is 11.9 Å². The SMILES string of the molecule is O=C(O)CCCOC(=O)CCCO. The molecule has 0 atom stereocenters. The first kappa shape index (κ1) is 11.9. The van der Waals surface area contributed by atoms with Gasteiger partial charge in [-0.05, 0) is 12.8 Å². The molecule has 0 aliphatic heterocycles. The Kier molecular flexibility index (Phi) is 6.91. The van der Waals surface area contributed by atoms with Crippen molar-refractivity contribution in [3.8, 4) is 0 Å². The number of esters is 1. The molecule has 0 amide bonds. The van der Waals surface area contributed by atoms with E-state index in [1.165, 1.54) is 0 Å². The monoisotopic (exact) mass is 190 g/mol. The Labute approximate surface area is 76.3 Å². The van der Waals surface area contributed by atoms with Gasteiger partial charge in [-0.3, -0.25) is 9.59 Å². The van der Waals surface area contributed by atoms with Crippen molar-refractivity contribution in [2.75, 3.05) is 13.2 Å². The van der Waals surface area contributed by atoms with Crippen LogP contribution in [0.15, 0.2) is 0 Å². The quantitative estimate of drug-likeness (QED) is 0.441. The summed E-state index contributed by atoms with van der Waals surface area (Å²) in [4.78, 5) is 20.8. The maximum absolute atomic E-state index is 10.8. The highest BCUT2D eigenvalue weighted by Crippen LogP contribution is 1.95. The summed E-state index contributed by atoms with van der Waals surface area (Å²) in [6, 6.07) is 0. The second-order valence-corrected chi connectivity index (χ2v) is 2.54. The molecule has 76 valence electrons. The molecule has 0 aliphatic rings. The van der Waals surface area contributed by atoms with Crippen LogP contribution in [0.5, 0.6) is 0 Å². The Bertz CT molecular complexity index is 166. The Morgan fingerprint density at radius 3 is 2.38 bits per heavy atom. The normalized spacial score (nSPS) is 9.62. The lowest BCUT2D eigenvalue weighted by atomic mass is 10.3. The molecular formula is C8H14O5. The lowest BCUT2D eigenvalue weighted by molar-refractivity contribution is -0.145. The Morgan fingerprint density at radius 2 is 1.85 bits per heavy atom. The molecule has 0 saturated heterocycles. The first-order chi connectivity index (χ1) is 6.16. The summed E-state index contributed by atoms with van der Waals surface area (Å²) < 4.78 is 4.68. The zero-order valence-electron chi connectivity index (χ0n) is 7.36. The summed E-state index contributed by atoms with van der Waals surface area (Å²) in [6.45, 7) is 0.0980. The third-order valence-corrected chi connectivity index (χ3v) is 1.34. The zero-order chi connectivity index (χ0) is 10.1. The number of hydrogen-bond acceptors (Lipinski definition) is 4. The van der Waals surface area contributed by atoms with Gasteiger partial charge in [0.15, 0.2) is 0 Å². The molecule has 0 rings (SSSR count). The van der Waals surface area contributed by atoms with Gasteiger partial charge in [0.2, 0.25) is 0 Å². The van der Waals surface area contributed by atoms with E-state index in [-0.39, 0.29) is 32.0 Å². The zero-order valence-corrected chi connectivity index (χ0v) is 7.36. The summed E-state index contributed by atoms with van der Waals surface area (Å²) in [6.07, 6.45) is 0.912. The van der Waals surface area contributed by atoms with Crippen LogP contribution in [0.4, 0.5) is 0 Å². The largest absolute Gasteiger partial charge is 0.481 e. The number of aliphatic hydroxyl groups is 1.